The second-order valence-electron chi connectivity index (χ2n) is 5.85. The monoisotopic (exact) mass is 272 g/mol. The molecule has 3 heteroatoms. The van der Waals surface area contributed by atoms with E-state index >= 15 is 0 Å². The molecule has 0 atom stereocenters. The highest BCUT2D eigenvalue weighted by Crippen LogP contribution is 2.22. The van der Waals surface area contributed by atoms with Crippen molar-refractivity contribution in [2.45, 2.75) is 38.3 Å². The number of rotatable bonds is 6. The summed E-state index contributed by atoms with van der Waals surface area (Å²) in [5.74, 6) is 1.02. The first-order chi connectivity index (χ1) is 9.83. The van der Waals surface area contributed by atoms with E-state index in [1.807, 2.05) is 18.2 Å². The molecule has 108 valence electrons. The van der Waals surface area contributed by atoms with Crippen LogP contribution in [0.2, 0.25) is 0 Å². The molecule has 1 heterocycles. The van der Waals surface area contributed by atoms with E-state index in [9.17, 15) is 0 Å². The van der Waals surface area contributed by atoms with Crippen molar-refractivity contribution in [3.63, 3.8) is 0 Å². The zero-order valence-corrected chi connectivity index (χ0v) is 12.3. The van der Waals surface area contributed by atoms with Gasteiger partial charge in [0.05, 0.1) is 6.54 Å². The van der Waals surface area contributed by atoms with Crippen molar-refractivity contribution in [1.82, 2.24) is 10.2 Å². The predicted octanol–water partition coefficient (Wildman–Crippen LogP) is 3.40. The summed E-state index contributed by atoms with van der Waals surface area (Å²) < 4.78 is 5.80. The summed E-state index contributed by atoms with van der Waals surface area (Å²) in [5.41, 5.74) is 0.979. The van der Waals surface area contributed by atoms with Crippen LogP contribution < -0.4 is 5.32 Å². The summed E-state index contributed by atoms with van der Waals surface area (Å²) in [7, 11) is 2.25. The number of hydrogen-bond donors (Lipinski definition) is 1. The van der Waals surface area contributed by atoms with Crippen LogP contribution in [-0.2, 0) is 6.54 Å². The van der Waals surface area contributed by atoms with E-state index in [2.05, 4.69) is 29.4 Å². The van der Waals surface area contributed by atoms with Gasteiger partial charge in [0.25, 0.3) is 0 Å². The SMILES string of the molecule is CN(CCNCc1cc2ccccc2o1)C1CCCC1. The van der Waals surface area contributed by atoms with Crippen molar-refractivity contribution in [3.8, 4) is 0 Å². The van der Waals surface area contributed by atoms with Crippen LogP contribution in [0.5, 0.6) is 0 Å². The predicted molar refractivity (Wildman–Crippen MR) is 82.8 cm³/mol. The molecule has 1 aliphatic carbocycles. The largest absolute Gasteiger partial charge is 0.460 e. The first-order valence-corrected chi connectivity index (χ1v) is 7.71. The van der Waals surface area contributed by atoms with Gasteiger partial charge in [0, 0.05) is 24.5 Å². The molecule has 1 fully saturated rings. The van der Waals surface area contributed by atoms with Gasteiger partial charge in [0.15, 0.2) is 0 Å². The quantitative estimate of drug-likeness (QED) is 0.817. The van der Waals surface area contributed by atoms with Crippen LogP contribution in [-0.4, -0.2) is 31.1 Å². The Balaban J connectivity index is 1.43. The lowest BCUT2D eigenvalue weighted by Gasteiger charge is -2.23. The van der Waals surface area contributed by atoms with E-state index in [0.29, 0.717) is 0 Å². The molecular weight excluding hydrogens is 248 g/mol. The van der Waals surface area contributed by atoms with Crippen LogP contribution in [0, 0.1) is 0 Å². The molecule has 3 nitrogen and oxygen atoms in total. The molecule has 0 saturated heterocycles. The van der Waals surface area contributed by atoms with Gasteiger partial charge in [0.2, 0.25) is 0 Å². The fraction of sp³-hybridized carbons (Fsp3) is 0.529. The molecule has 0 unspecified atom stereocenters. The van der Waals surface area contributed by atoms with E-state index in [4.69, 9.17) is 4.42 Å². The van der Waals surface area contributed by atoms with Gasteiger partial charge in [-0.15, -0.1) is 0 Å². The molecule has 0 spiro atoms. The minimum atomic E-state index is 0.808. The minimum Gasteiger partial charge on any atom is -0.460 e. The van der Waals surface area contributed by atoms with E-state index in [-0.39, 0.29) is 0 Å². The average Bonchev–Trinajstić information content (AvgIpc) is 3.11. The fourth-order valence-electron chi connectivity index (χ4n) is 3.12. The first-order valence-electron chi connectivity index (χ1n) is 7.71. The summed E-state index contributed by atoms with van der Waals surface area (Å²) in [5, 5.41) is 4.67. The molecule has 1 N–H and O–H groups in total. The second-order valence-corrected chi connectivity index (χ2v) is 5.85. The average molecular weight is 272 g/mol. The normalized spacial score (nSPS) is 16.5. The van der Waals surface area contributed by atoms with Gasteiger partial charge < -0.3 is 14.6 Å². The van der Waals surface area contributed by atoms with Crippen molar-refractivity contribution in [1.29, 1.82) is 0 Å². The molecule has 1 aromatic heterocycles. The van der Waals surface area contributed by atoms with Gasteiger partial charge >= 0.3 is 0 Å². The topological polar surface area (TPSA) is 28.4 Å². The maximum atomic E-state index is 5.80. The summed E-state index contributed by atoms with van der Waals surface area (Å²) in [6, 6.07) is 11.1. The molecule has 3 rings (SSSR count). The zero-order chi connectivity index (χ0) is 13.8. The Morgan fingerprint density at radius 1 is 1.25 bits per heavy atom. The smallest absolute Gasteiger partial charge is 0.134 e. The summed E-state index contributed by atoms with van der Waals surface area (Å²) >= 11 is 0. The molecule has 0 aliphatic heterocycles. The second kappa shape index (κ2) is 6.42. The minimum absolute atomic E-state index is 0.808. The van der Waals surface area contributed by atoms with Crippen LogP contribution in [0.3, 0.4) is 0 Å². The molecule has 2 aromatic rings. The van der Waals surface area contributed by atoms with E-state index in [1.165, 1.54) is 31.1 Å². The first kappa shape index (κ1) is 13.7. The van der Waals surface area contributed by atoms with Crippen molar-refractivity contribution >= 4 is 11.0 Å². The molecule has 0 radical (unpaired) electrons. The van der Waals surface area contributed by atoms with Crippen LogP contribution in [0.4, 0.5) is 0 Å². The van der Waals surface area contributed by atoms with Crippen LogP contribution >= 0.6 is 0 Å². The van der Waals surface area contributed by atoms with Crippen LogP contribution in [0.15, 0.2) is 34.7 Å². The Morgan fingerprint density at radius 3 is 2.85 bits per heavy atom. The number of nitrogens with one attached hydrogen (secondary N) is 1. The van der Waals surface area contributed by atoms with Crippen molar-refractivity contribution in [2.75, 3.05) is 20.1 Å². The highest BCUT2D eigenvalue weighted by atomic mass is 16.3. The van der Waals surface area contributed by atoms with Gasteiger partial charge in [0.1, 0.15) is 11.3 Å². The molecule has 0 bridgehead atoms. The van der Waals surface area contributed by atoms with E-state index in [0.717, 1.165) is 37.0 Å². The van der Waals surface area contributed by atoms with Gasteiger partial charge in [-0.05, 0) is 32.0 Å². The highest BCUT2D eigenvalue weighted by Gasteiger charge is 2.18. The third-order valence-electron chi connectivity index (χ3n) is 4.37. The zero-order valence-electron chi connectivity index (χ0n) is 12.3. The molecule has 0 amide bonds. The standard InChI is InChI=1S/C17H24N2O/c1-19(15-7-3-4-8-15)11-10-18-13-16-12-14-6-2-5-9-17(14)20-16/h2,5-6,9,12,15,18H,3-4,7-8,10-11,13H2,1H3. The number of nitrogens with zero attached hydrogens (tertiary/aromatic N) is 1. The summed E-state index contributed by atoms with van der Waals surface area (Å²) in [6.07, 6.45) is 5.56. The number of para-hydroxylation sites is 1. The number of furan rings is 1. The van der Waals surface area contributed by atoms with Crippen molar-refractivity contribution < 1.29 is 4.42 Å². The fourth-order valence-corrected chi connectivity index (χ4v) is 3.12. The third kappa shape index (κ3) is 3.22. The van der Waals surface area contributed by atoms with Crippen molar-refractivity contribution in [2.24, 2.45) is 0 Å². The Bertz CT molecular complexity index is 510. The number of fused-ring (bicyclic) bond motifs is 1. The number of hydrogen-bond acceptors (Lipinski definition) is 3. The van der Waals surface area contributed by atoms with E-state index < -0.39 is 0 Å². The molecule has 1 aliphatic rings. The van der Waals surface area contributed by atoms with Gasteiger partial charge in [-0.1, -0.05) is 31.0 Å². The van der Waals surface area contributed by atoms with Crippen LogP contribution in [0.1, 0.15) is 31.4 Å². The third-order valence-corrected chi connectivity index (χ3v) is 4.37. The lowest BCUT2D eigenvalue weighted by atomic mass is 10.2. The Morgan fingerprint density at radius 2 is 2.05 bits per heavy atom. The van der Waals surface area contributed by atoms with E-state index in [1.54, 1.807) is 0 Å². The van der Waals surface area contributed by atoms with Gasteiger partial charge in [-0.2, -0.15) is 0 Å². The Hall–Kier alpha value is -1.32. The molecule has 1 aromatic carbocycles. The van der Waals surface area contributed by atoms with Crippen LogP contribution in [0.25, 0.3) is 11.0 Å². The molecular formula is C17H24N2O. The van der Waals surface area contributed by atoms with Gasteiger partial charge in [-0.25, -0.2) is 0 Å². The maximum Gasteiger partial charge on any atom is 0.134 e. The number of likely N-dealkylation sites (N-methyl/N-ethyl adjacent to an activating group) is 1. The molecule has 20 heavy (non-hydrogen) atoms. The maximum absolute atomic E-state index is 5.80. The Labute approximate surface area is 120 Å². The lowest BCUT2D eigenvalue weighted by molar-refractivity contribution is 0.244. The number of benzene rings is 1. The lowest BCUT2D eigenvalue weighted by Crippen LogP contribution is -2.35. The summed E-state index contributed by atoms with van der Waals surface area (Å²) in [4.78, 5) is 2.50. The van der Waals surface area contributed by atoms with Crippen molar-refractivity contribution in [3.05, 3.63) is 36.1 Å². The molecule has 1 saturated carbocycles. The highest BCUT2D eigenvalue weighted by molar-refractivity contribution is 5.77. The Kier molecular flexibility index (Phi) is 4.38. The van der Waals surface area contributed by atoms with Gasteiger partial charge in [-0.3, -0.25) is 0 Å². The summed E-state index contributed by atoms with van der Waals surface area (Å²) in [6.45, 7) is 2.95.